The molecule has 1 saturated carbocycles. The van der Waals surface area contributed by atoms with Gasteiger partial charge in [-0.3, -0.25) is 24.1 Å². The van der Waals surface area contributed by atoms with Crippen LogP contribution in [0.15, 0.2) is 54.6 Å². The molecule has 1 aliphatic heterocycles. The quantitative estimate of drug-likeness (QED) is 0.573. The van der Waals surface area contributed by atoms with E-state index in [4.69, 9.17) is 4.74 Å². The van der Waals surface area contributed by atoms with Gasteiger partial charge in [-0.05, 0) is 24.5 Å². The maximum Gasteiger partial charge on any atom is 0.326 e. The fourth-order valence-electron chi connectivity index (χ4n) is 4.36. The Bertz CT molecular complexity index is 980. The van der Waals surface area contributed by atoms with Gasteiger partial charge in [-0.1, -0.05) is 61.4 Å². The van der Waals surface area contributed by atoms with Gasteiger partial charge in [0.05, 0.1) is 11.8 Å². The summed E-state index contributed by atoms with van der Waals surface area (Å²) in [5.41, 5.74) is 2.39. The summed E-state index contributed by atoms with van der Waals surface area (Å²) >= 11 is 0. The Labute approximate surface area is 180 Å². The molecule has 2 aromatic rings. The highest BCUT2D eigenvalue weighted by molar-refractivity contribution is 6.07. The molecular formula is C24H24N2O5. The number of carbonyl (C=O) groups excluding carboxylic acids is 4. The maximum absolute atomic E-state index is 12.5. The van der Waals surface area contributed by atoms with Crippen molar-refractivity contribution in [1.82, 2.24) is 4.90 Å². The maximum atomic E-state index is 12.5. The smallest absolute Gasteiger partial charge is 0.326 e. The van der Waals surface area contributed by atoms with E-state index in [2.05, 4.69) is 5.32 Å². The molecular weight excluding hydrogens is 396 g/mol. The Hall–Kier alpha value is -3.48. The predicted molar refractivity (Wildman–Crippen MR) is 114 cm³/mol. The first-order valence-electron chi connectivity index (χ1n) is 10.5. The van der Waals surface area contributed by atoms with Crippen molar-refractivity contribution in [3.05, 3.63) is 54.6 Å². The zero-order valence-corrected chi connectivity index (χ0v) is 17.1. The number of ether oxygens (including phenoxy) is 1. The summed E-state index contributed by atoms with van der Waals surface area (Å²) in [6.45, 7) is -0.941. The molecule has 2 fully saturated rings. The zero-order valence-electron chi connectivity index (χ0n) is 17.1. The van der Waals surface area contributed by atoms with Crippen LogP contribution in [-0.4, -0.2) is 41.7 Å². The van der Waals surface area contributed by atoms with E-state index in [1.54, 1.807) is 12.1 Å². The second kappa shape index (κ2) is 9.12. The summed E-state index contributed by atoms with van der Waals surface area (Å²) in [4.78, 5) is 50.4. The van der Waals surface area contributed by atoms with Crippen molar-refractivity contribution in [1.29, 1.82) is 0 Å². The largest absolute Gasteiger partial charge is 0.454 e. The van der Waals surface area contributed by atoms with E-state index in [0.29, 0.717) is 18.5 Å². The molecule has 0 aromatic heterocycles. The molecule has 2 aromatic carbocycles. The van der Waals surface area contributed by atoms with Gasteiger partial charge in [0.2, 0.25) is 11.8 Å². The minimum atomic E-state index is -0.771. The van der Waals surface area contributed by atoms with Crippen molar-refractivity contribution in [2.75, 3.05) is 18.5 Å². The lowest BCUT2D eigenvalue weighted by Gasteiger charge is -2.19. The number of amides is 3. The molecule has 1 heterocycles. The van der Waals surface area contributed by atoms with E-state index in [1.807, 2.05) is 42.5 Å². The summed E-state index contributed by atoms with van der Waals surface area (Å²) in [5.74, 6) is -2.49. The number of benzene rings is 2. The highest BCUT2D eigenvalue weighted by atomic mass is 16.5. The van der Waals surface area contributed by atoms with Crippen LogP contribution in [0.5, 0.6) is 0 Å². The number of anilines is 1. The second-order valence-corrected chi connectivity index (χ2v) is 7.88. The Kier molecular flexibility index (Phi) is 6.11. The molecule has 7 nitrogen and oxygen atoms in total. The number of hydrogen-bond acceptors (Lipinski definition) is 5. The van der Waals surface area contributed by atoms with Crippen molar-refractivity contribution in [2.45, 2.75) is 25.7 Å². The molecule has 0 radical (unpaired) electrons. The number of rotatable bonds is 6. The predicted octanol–water partition coefficient (Wildman–Crippen LogP) is 3.01. The number of esters is 1. The molecule has 1 N–H and O–H groups in total. The van der Waals surface area contributed by atoms with E-state index in [-0.39, 0.29) is 23.7 Å². The van der Waals surface area contributed by atoms with Crippen LogP contribution < -0.4 is 5.32 Å². The van der Waals surface area contributed by atoms with Crippen molar-refractivity contribution in [3.8, 4) is 11.1 Å². The molecule has 7 heteroatoms. The van der Waals surface area contributed by atoms with Crippen LogP contribution in [0.4, 0.5) is 5.69 Å². The van der Waals surface area contributed by atoms with Gasteiger partial charge in [0.1, 0.15) is 6.54 Å². The van der Waals surface area contributed by atoms with Crippen molar-refractivity contribution >= 4 is 29.4 Å². The first-order valence-corrected chi connectivity index (χ1v) is 10.5. The van der Waals surface area contributed by atoms with Crippen LogP contribution in [0.3, 0.4) is 0 Å². The van der Waals surface area contributed by atoms with Crippen LogP contribution in [0.25, 0.3) is 11.1 Å². The lowest BCUT2D eigenvalue weighted by atomic mass is 9.81. The number of nitrogens with one attached hydrogen (secondary N) is 1. The molecule has 3 amide bonds. The average molecular weight is 420 g/mol. The highest BCUT2D eigenvalue weighted by Gasteiger charge is 2.48. The second-order valence-electron chi connectivity index (χ2n) is 7.88. The van der Waals surface area contributed by atoms with E-state index >= 15 is 0 Å². The molecule has 0 unspecified atom stereocenters. The summed E-state index contributed by atoms with van der Waals surface area (Å²) in [6.07, 6.45) is 3.21. The van der Waals surface area contributed by atoms with Crippen LogP contribution in [0.2, 0.25) is 0 Å². The van der Waals surface area contributed by atoms with Gasteiger partial charge in [0.15, 0.2) is 6.61 Å². The third-order valence-electron chi connectivity index (χ3n) is 5.87. The number of imide groups is 1. The third-order valence-corrected chi connectivity index (χ3v) is 5.87. The molecule has 0 bridgehead atoms. The molecule has 2 atom stereocenters. The summed E-state index contributed by atoms with van der Waals surface area (Å²) in [5, 5.41) is 2.75. The minimum Gasteiger partial charge on any atom is -0.454 e. The number of para-hydroxylation sites is 1. The van der Waals surface area contributed by atoms with Gasteiger partial charge in [-0.15, -0.1) is 0 Å². The van der Waals surface area contributed by atoms with Crippen molar-refractivity contribution in [2.24, 2.45) is 11.8 Å². The van der Waals surface area contributed by atoms with Gasteiger partial charge in [-0.2, -0.15) is 0 Å². The van der Waals surface area contributed by atoms with Gasteiger partial charge >= 0.3 is 5.97 Å². The standard InChI is InChI=1S/C24H24N2O5/c27-21(25-20-13-7-6-10-17(20)16-8-2-1-3-9-16)15-31-22(28)14-26-23(29)18-11-4-5-12-19(18)24(26)30/h1-3,6-10,13,18-19H,4-5,11-12,14-15H2,(H,25,27)/t18-,19-/m0/s1. The molecule has 4 rings (SSSR count). The van der Waals surface area contributed by atoms with Crippen LogP contribution in [0, 0.1) is 11.8 Å². The van der Waals surface area contributed by atoms with Crippen LogP contribution in [-0.2, 0) is 23.9 Å². The van der Waals surface area contributed by atoms with E-state index < -0.39 is 25.0 Å². The number of likely N-dealkylation sites (tertiary alicyclic amines) is 1. The Balaban J connectivity index is 1.32. The lowest BCUT2D eigenvalue weighted by molar-refractivity contribution is -0.154. The van der Waals surface area contributed by atoms with Crippen LogP contribution in [0.1, 0.15) is 25.7 Å². The normalized spacial score (nSPS) is 20.3. The Morgan fingerprint density at radius 1 is 0.903 bits per heavy atom. The molecule has 0 spiro atoms. The molecule has 1 aliphatic carbocycles. The third kappa shape index (κ3) is 4.50. The average Bonchev–Trinajstić information content (AvgIpc) is 3.04. The van der Waals surface area contributed by atoms with Gasteiger partial charge in [0.25, 0.3) is 5.91 Å². The zero-order chi connectivity index (χ0) is 21.8. The fraction of sp³-hybridized carbons (Fsp3) is 0.333. The highest BCUT2D eigenvalue weighted by Crippen LogP contribution is 2.37. The topological polar surface area (TPSA) is 92.8 Å². The number of hydrogen-bond donors (Lipinski definition) is 1. The van der Waals surface area contributed by atoms with Crippen molar-refractivity contribution < 1.29 is 23.9 Å². The minimum absolute atomic E-state index is 0.298. The van der Waals surface area contributed by atoms with Crippen LogP contribution >= 0.6 is 0 Å². The van der Waals surface area contributed by atoms with Crippen molar-refractivity contribution in [3.63, 3.8) is 0 Å². The number of nitrogens with zero attached hydrogens (tertiary/aromatic N) is 1. The molecule has 160 valence electrons. The molecule has 2 aliphatic rings. The number of fused-ring (bicyclic) bond motifs is 1. The Morgan fingerprint density at radius 3 is 2.19 bits per heavy atom. The van der Waals surface area contributed by atoms with E-state index in [0.717, 1.165) is 28.9 Å². The van der Waals surface area contributed by atoms with Gasteiger partial charge in [0, 0.05) is 11.3 Å². The summed E-state index contributed by atoms with van der Waals surface area (Å²) < 4.78 is 5.04. The lowest BCUT2D eigenvalue weighted by Crippen LogP contribution is -2.37. The SMILES string of the molecule is O=C(COC(=O)CN1C(=O)[C@H]2CCCC[C@@H]2C1=O)Nc1ccccc1-c1ccccc1. The van der Waals surface area contributed by atoms with E-state index in [9.17, 15) is 19.2 Å². The summed E-state index contributed by atoms with van der Waals surface area (Å²) in [7, 11) is 0. The Morgan fingerprint density at radius 2 is 1.52 bits per heavy atom. The molecule has 31 heavy (non-hydrogen) atoms. The molecule has 1 saturated heterocycles. The van der Waals surface area contributed by atoms with Gasteiger partial charge in [-0.25, -0.2) is 0 Å². The fourth-order valence-corrected chi connectivity index (χ4v) is 4.36. The summed E-state index contributed by atoms with van der Waals surface area (Å²) in [6, 6.07) is 16.9. The van der Waals surface area contributed by atoms with E-state index in [1.165, 1.54) is 0 Å². The monoisotopic (exact) mass is 420 g/mol. The first kappa shape index (κ1) is 20.8. The van der Waals surface area contributed by atoms with Gasteiger partial charge < -0.3 is 10.1 Å². The number of carbonyl (C=O) groups is 4. The first-order chi connectivity index (χ1) is 15.0.